The topological polar surface area (TPSA) is 127 Å². The quantitative estimate of drug-likeness (QED) is 0.487. The maximum atomic E-state index is 14.7. The molecule has 2 aromatic rings. The van der Waals surface area contributed by atoms with Gasteiger partial charge in [0.05, 0.1) is 12.8 Å². The van der Waals surface area contributed by atoms with Crippen molar-refractivity contribution in [1.29, 1.82) is 0 Å². The molecule has 1 aliphatic rings. The van der Waals surface area contributed by atoms with E-state index in [-0.39, 0.29) is 12.8 Å². The van der Waals surface area contributed by atoms with Gasteiger partial charge < -0.3 is 9.57 Å². The van der Waals surface area contributed by atoms with Crippen molar-refractivity contribution in [3.05, 3.63) is 47.9 Å². The monoisotopic (exact) mass is 451 g/mol. The van der Waals surface area contributed by atoms with E-state index in [1.165, 1.54) is 31.8 Å². The Morgan fingerprint density at radius 3 is 2.61 bits per heavy atom. The maximum absolute atomic E-state index is 14.7. The second-order valence-corrected chi connectivity index (χ2v) is 9.85. The van der Waals surface area contributed by atoms with Crippen molar-refractivity contribution in [2.24, 2.45) is 5.16 Å². The molecule has 0 aliphatic carbocycles. The molecule has 31 heavy (non-hydrogen) atoms. The van der Waals surface area contributed by atoms with Crippen molar-refractivity contribution in [3.8, 4) is 17.0 Å². The van der Waals surface area contributed by atoms with Gasteiger partial charge in [0.2, 0.25) is 5.88 Å². The highest BCUT2D eigenvalue weighted by molar-refractivity contribution is 7.92. The first kappa shape index (κ1) is 22.6. The van der Waals surface area contributed by atoms with Gasteiger partial charge in [0.1, 0.15) is 11.9 Å². The molecule has 11 heteroatoms. The number of aromatic nitrogens is 1. The number of nitrogens with one attached hydrogen (secondary N) is 1. The number of oxime groups is 1. The number of hydroxylamine groups is 1. The third-order valence-corrected chi connectivity index (χ3v) is 7.30. The lowest BCUT2D eigenvalue weighted by molar-refractivity contribution is -0.132. The molecule has 0 spiro atoms. The Labute approximate surface area is 178 Å². The van der Waals surface area contributed by atoms with Crippen molar-refractivity contribution >= 4 is 21.5 Å². The van der Waals surface area contributed by atoms with Crippen LogP contribution >= 0.6 is 0 Å². The minimum atomic E-state index is -3.87. The third kappa shape index (κ3) is 4.52. The summed E-state index contributed by atoms with van der Waals surface area (Å²) in [6, 6.07) is 7.88. The van der Waals surface area contributed by atoms with Crippen LogP contribution in [0.25, 0.3) is 11.1 Å². The predicted molar refractivity (Wildman–Crippen MR) is 110 cm³/mol. The zero-order valence-corrected chi connectivity index (χ0v) is 17.9. The number of pyridine rings is 1. The molecule has 1 amide bonds. The highest BCUT2D eigenvalue weighted by Gasteiger charge is 2.47. The van der Waals surface area contributed by atoms with Crippen LogP contribution in [0.1, 0.15) is 25.3 Å². The number of rotatable bonds is 7. The van der Waals surface area contributed by atoms with E-state index in [1.54, 1.807) is 24.3 Å². The number of hydrogen-bond acceptors (Lipinski definition) is 8. The SMILES string of the molecule is COc1ccc(-c2ccc(C3=NO[C@@H](C[C@](C)(C(=O)NO)S(C)(=O)=O)C3)cc2F)cn1. The summed E-state index contributed by atoms with van der Waals surface area (Å²) in [6.45, 7) is 1.20. The summed E-state index contributed by atoms with van der Waals surface area (Å²) in [6.07, 6.45) is 1.61. The molecule has 1 aliphatic heterocycles. The summed E-state index contributed by atoms with van der Waals surface area (Å²) in [5, 5.41) is 12.9. The highest BCUT2D eigenvalue weighted by atomic mass is 32.2. The Balaban J connectivity index is 1.76. The summed E-state index contributed by atoms with van der Waals surface area (Å²) in [7, 11) is -2.38. The predicted octanol–water partition coefficient (Wildman–Crippen LogP) is 2.09. The smallest absolute Gasteiger partial charge is 0.264 e. The molecule has 2 atom stereocenters. The zero-order valence-electron chi connectivity index (χ0n) is 17.1. The van der Waals surface area contributed by atoms with Gasteiger partial charge in [0, 0.05) is 48.1 Å². The molecule has 0 bridgehead atoms. The molecule has 0 saturated carbocycles. The molecule has 2 heterocycles. The van der Waals surface area contributed by atoms with Crippen molar-refractivity contribution in [2.75, 3.05) is 13.4 Å². The molecule has 0 saturated heterocycles. The van der Waals surface area contributed by atoms with Gasteiger partial charge in [-0.2, -0.15) is 0 Å². The lowest BCUT2D eigenvalue weighted by Gasteiger charge is -2.26. The number of methoxy groups -OCH3 is 1. The number of sulfone groups is 1. The van der Waals surface area contributed by atoms with Gasteiger partial charge in [-0.25, -0.2) is 23.3 Å². The lowest BCUT2D eigenvalue weighted by Crippen LogP contribution is -2.51. The van der Waals surface area contributed by atoms with Crippen LogP contribution in [0.15, 0.2) is 41.7 Å². The van der Waals surface area contributed by atoms with Gasteiger partial charge in [-0.1, -0.05) is 17.3 Å². The van der Waals surface area contributed by atoms with Gasteiger partial charge in [-0.05, 0) is 19.1 Å². The van der Waals surface area contributed by atoms with Crippen molar-refractivity contribution in [3.63, 3.8) is 0 Å². The van der Waals surface area contributed by atoms with Crippen molar-refractivity contribution < 1.29 is 32.4 Å². The van der Waals surface area contributed by atoms with Crippen LogP contribution in [0.3, 0.4) is 0 Å². The maximum Gasteiger partial charge on any atom is 0.264 e. The van der Waals surface area contributed by atoms with Crippen LogP contribution in [-0.2, 0) is 19.5 Å². The Bertz CT molecular complexity index is 1120. The Kier molecular flexibility index (Phi) is 6.27. The summed E-state index contributed by atoms with van der Waals surface area (Å²) in [5.41, 5.74) is 3.20. The number of nitrogens with zero attached hydrogens (tertiary/aromatic N) is 2. The van der Waals surface area contributed by atoms with Crippen LogP contribution in [0.2, 0.25) is 0 Å². The first-order valence-corrected chi connectivity index (χ1v) is 11.2. The number of amides is 1. The fourth-order valence-electron chi connectivity index (χ4n) is 3.26. The van der Waals surface area contributed by atoms with E-state index >= 15 is 0 Å². The number of carbonyl (C=O) groups is 1. The van der Waals surface area contributed by atoms with E-state index in [2.05, 4.69) is 10.1 Å². The van der Waals surface area contributed by atoms with E-state index in [0.717, 1.165) is 6.26 Å². The molecule has 166 valence electrons. The van der Waals surface area contributed by atoms with Crippen LogP contribution < -0.4 is 10.2 Å². The number of halogens is 1. The average Bonchev–Trinajstić information content (AvgIpc) is 3.20. The molecular weight excluding hydrogens is 429 g/mol. The summed E-state index contributed by atoms with van der Waals surface area (Å²) in [4.78, 5) is 21.3. The van der Waals surface area contributed by atoms with Crippen molar-refractivity contribution in [1.82, 2.24) is 10.5 Å². The van der Waals surface area contributed by atoms with Gasteiger partial charge in [0.25, 0.3) is 5.91 Å². The van der Waals surface area contributed by atoms with Crippen molar-refractivity contribution in [2.45, 2.75) is 30.6 Å². The normalized spacial score (nSPS) is 18.0. The summed E-state index contributed by atoms with van der Waals surface area (Å²) in [5.74, 6) is -1.13. The highest BCUT2D eigenvalue weighted by Crippen LogP contribution is 2.31. The van der Waals surface area contributed by atoms with Gasteiger partial charge in [-0.15, -0.1) is 0 Å². The fourth-order valence-corrected chi connectivity index (χ4v) is 4.13. The Hall–Kier alpha value is -3.05. The zero-order chi connectivity index (χ0) is 22.8. The molecule has 3 rings (SSSR count). The Morgan fingerprint density at radius 1 is 1.35 bits per heavy atom. The largest absolute Gasteiger partial charge is 0.481 e. The van der Waals surface area contributed by atoms with Crippen LogP contribution in [-0.4, -0.2) is 54.4 Å². The minimum absolute atomic E-state index is 0.173. The lowest BCUT2D eigenvalue weighted by atomic mass is 9.95. The van der Waals surface area contributed by atoms with Gasteiger partial charge >= 0.3 is 0 Å². The average molecular weight is 451 g/mol. The second-order valence-electron chi connectivity index (χ2n) is 7.40. The second kappa shape index (κ2) is 8.60. The van der Waals surface area contributed by atoms with Crippen LogP contribution in [0.5, 0.6) is 5.88 Å². The number of carbonyl (C=O) groups excluding carboxylic acids is 1. The standard InChI is InChI=1S/C20H22FN3O6S/c1-20(19(25)23-26,31(3,27)28)10-14-9-17(24-30-14)12-4-6-15(16(21)8-12)13-5-7-18(29-2)22-11-13/h4-8,11,14,26H,9-10H2,1-3H3,(H,23,25)/t14-,20-/m1/s1. The fraction of sp³-hybridized carbons (Fsp3) is 0.350. The molecule has 2 N–H and O–H groups in total. The molecule has 9 nitrogen and oxygen atoms in total. The Morgan fingerprint density at radius 2 is 2.06 bits per heavy atom. The van der Waals surface area contributed by atoms with E-state index < -0.39 is 32.4 Å². The van der Waals surface area contributed by atoms with E-state index in [9.17, 15) is 17.6 Å². The van der Waals surface area contributed by atoms with Crippen LogP contribution in [0, 0.1) is 5.82 Å². The van der Waals surface area contributed by atoms with Gasteiger partial charge in [-0.3, -0.25) is 10.0 Å². The minimum Gasteiger partial charge on any atom is -0.481 e. The van der Waals surface area contributed by atoms with Gasteiger partial charge in [0.15, 0.2) is 14.6 Å². The summed E-state index contributed by atoms with van der Waals surface area (Å²) < 4.78 is 42.1. The number of ether oxygens (including phenoxy) is 1. The molecule has 0 fully saturated rings. The van der Waals surface area contributed by atoms with E-state index in [4.69, 9.17) is 14.8 Å². The third-order valence-electron chi connectivity index (χ3n) is 5.31. The first-order valence-electron chi connectivity index (χ1n) is 9.26. The number of benzene rings is 1. The van der Waals surface area contributed by atoms with E-state index in [1.807, 2.05) is 0 Å². The first-order chi connectivity index (χ1) is 14.6. The summed E-state index contributed by atoms with van der Waals surface area (Å²) >= 11 is 0. The molecule has 1 aromatic carbocycles. The molecule has 0 unspecified atom stereocenters. The number of hydrogen-bond donors (Lipinski definition) is 2. The van der Waals surface area contributed by atoms with Crippen LogP contribution in [0.4, 0.5) is 4.39 Å². The van der Waals surface area contributed by atoms with E-state index in [0.29, 0.717) is 28.3 Å². The molecule has 1 aromatic heterocycles. The molecule has 0 radical (unpaired) electrons. The molecular formula is C20H22FN3O6S.